The van der Waals surface area contributed by atoms with Crippen LogP contribution in [0.15, 0.2) is 73.1 Å². The topological polar surface area (TPSA) is 172 Å². The summed E-state index contributed by atoms with van der Waals surface area (Å²) in [4.78, 5) is 38.0. The van der Waals surface area contributed by atoms with E-state index in [1.807, 2.05) is 13.8 Å². The van der Waals surface area contributed by atoms with Crippen molar-refractivity contribution in [3.63, 3.8) is 0 Å². The van der Waals surface area contributed by atoms with Crippen LogP contribution in [0.5, 0.6) is 0 Å². The average molecular weight is 737 g/mol. The predicted molar refractivity (Wildman–Crippen MR) is 191 cm³/mol. The number of amides is 2. The van der Waals surface area contributed by atoms with Crippen LogP contribution in [0.4, 0.5) is 29.7 Å². The molecule has 0 radical (unpaired) electrons. The van der Waals surface area contributed by atoms with Crippen LogP contribution in [0.25, 0.3) is 45.3 Å². The van der Waals surface area contributed by atoms with Crippen LogP contribution in [-0.4, -0.2) is 87.9 Å². The van der Waals surface area contributed by atoms with Crippen LogP contribution in [0.2, 0.25) is 0 Å². The third kappa shape index (κ3) is 7.43. The molecule has 6 heterocycles. The maximum Gasteiger partial charge on any atom is 0.414 e. The normalized spacial score (nSPS) is 16.6. The Hall–Kier alpha value is -6.72. The van der Waals surface area contributed by atoms with Gasteiger partial charge in [-0.05, 0) is 71.8 Å². The highest BCUT2D eigenvalue weighted by atomic mass is 19.1. The van der Waals surface area contributed by atoms with E-state index in [1.165, 1.54) is 31.5 Å². The number of aryl methyl sites for hydroxylation is 2. The van der Waals surface area contributed by atoms with E-state index in [0.717, 1.165) is 12.8 Å². The van der Waals surface area contributed by atoms with Gasteiger partial charge >= 0.3 is 12.2 Å². The van der Waals surface area contributed by atoms with E-state index in [2.05, 4.69) is 40.8 Å². The number of ether oxygens (including phenoxy) is 2. The van der Waals surface area contributed by atoms with Gasteiger partial charge in [-0.15, -0.1) is 20.4 Å². The number of carbonyl (C=O) groups excluding carboxylic acids is 2. The Morgan fingerprint density at radius 2 is 1.07 bits per heavy atom. The standard InChI is InChI=1S/2C18H17FN6O2/c2*1-3-13-10-25(18(26)27-13)12-5-6-14(15(19)8-12)11-4-7-16(20-9-11)17-21-23-24(2)22-17/h2*4-9,13H,3,10H2,1-2H3/t13-;/m0./s1. The summed E-state index contributed by atoms with van der Waals surface area (Å²) in [5.41, 5.74) is 4.07. The molecule has 2 aliphatic rings. The van der Waals surface area contributed by atoms with E-state index in [4.69, 9.17) is 9.47 Å². The molecular weight excluding hydrogens is 702 g/mol. The van der Waals surface area contributed by atoms with Crippen molar-refractivity contribution in [3.05, 3.63) is 84.7 Å². The summed E-state index contributed by atoms with van der Waals surface area (Å²) in [7, 11) is 3.33. The third-order valence-electron chi connectivity index (χ3n) is 8.81. The molecule has 8 rings (SSSR count). The van der Waals surface area contributed by atoms with E-state index in [1.54, 1.807) is 75.0 Å². The minimum absolute atomic E-state index is 0.160. The quantitative estimate of drug-likeness (QED) is 0.189. The van der Waals surface area contributed by atoms with E-state index in [-0.39, 0.29) is 12.2 Å². The molecule has 18 heteroatoms. The number of hydrogen-bond acceptors (Lipinski definition) is 12. The second-order valence-corrected chi connectivity index (χ2v) is 12.4. The highest BCUT2D eigenvalue weighted by Crippen LogP contribution is 2.31. The molecule has 6 aromatic rings. The van der Waals surface area contributed by atoms with Gasteiger partial charge in [-0.2, -0.15) is 9.59 Å². The van der Waals surface area contributed by atoms with Crippen LogP contribution in [-0.2, 0) is 23.6 Å². The van der Waals surface area contributed by atoms with Crippen LogP contribution < -0.4 is 9.80 Å². The highest BCUT2D eigenvalue weighted by molar-refractivity contribution is 5.91. The molecule has 2 fully saturated rings. The molecule has 54 heavy (non-hydrogen) atoms. The van der Waals surface area contributed by atoms with Gasteiger partial charge in [0.15, 0.2) is 0 Å². The first-order valence-corrected chi connectivity index (χ1v) is 17.1. The number of benzene rings is 2. The van der Waals surface area contributed by atoms with Gasteiger partial charge in [-0.3, -0.25) is 19.8 Å². The lowest BCUT2D eigenvalue weighted by Gasteiger charge is -2.14. The number of hydrogen-bond donors (Lipinski definition) is 0. The van der Waals surface area contributed by atoms with Gasteiger partial charge in [0.05, 0.1) is 38.6 Å². The highest BCUT2D eigenvalue weighted by Gasteiger charge is 2.32. The van der Waals surface area contributed by atoms with Gasteiger partial charge in [0.1, 0.15) is 35.2 Å². The number of tetrazole rings is 2. The maximum atomic E-state index is 14.7. The lowest BCUT2D eigenvalue weighted by Crippen LogP contribution is -2.24. The van der Waals surface area contributed by atoms with E-state index >= 15 is 0 Å². The Bertz CT molecular complexity index is 2140. The Morgan fingerprint density at radius 3 is 1.37 bits per heavy atom. The van der Waals surface area contributed by atoms with Crippen molar-refractivity contribution in [2.75, 3.05) is 22.9 Å². The Morgan fingerprint density at radius 1 is 0.648 bits per heavy atom. The van der Waals surface area contributed by atoms with Crippen LogP contribution in [0.1, 0.15) is 26.7 Å². The third-order valence-corrected chi connectivity index (χ3v) is 8.81. The fourth-order valence-electron chi connectivity index (χ4n) is 5.85. The number of pyridine rings is 2. The van der Waals surface area contributed by atoms with Crippen molar-refractivity contribution in [2.24, 2.45) is 14.1 Å². The number of carbonyl (C=O) groups is 2. The minimum atomic E-state index is -0.448. The molecule has 1 unspecified atom stereocenters. The number of nitrogens with zero attached hydrogens (tertiary/aromatic N) is 12. The number of aromatic nitrogens is 10. The van der Waals surface area contributed by atoms with Gasteiger partial charge in [-0.25, -0.2) is 18.4 Å². The summed E-state index contributed by atoms with van der Waals surface area (Å²) in [5.74, 6) is -0.0735. The molecule has 0 saturated carbocycles. The van der Waals surface area contributed by atoms with Crippen molar-refractivity contribution in [1.82, 2.24) is 50.4 Å². The largest absolute Gasteiger partial charge is 0.444 e. The van der Waals surface area contributed by atoms with E-state index in [0.29, 0.717) is 69.8 Å². The van der Waals surface area contributed by atoms with Crippen molar-refractivity contribution < 1.29 is 27.8 Å². The van der Waals surface area contributed by atoms with Gasteiger partial charge in [-0.1, -0.05) is 26.0 Å². The summed E-state index contributed by atoms with van der Waals surface area (Å²) in [6.07, 6.45) is 3.34. The lowest BCUT2D eigenvalue weighted by atomic mass is 10.1. The first-order chi connectivity index (χ1) is 26.1. The van der Waals surface area contributed by atoms with Crippen LogP contribution >= 0.6 is 0 Å². The molecule has 0 aliphatic carbocycles. The zero-order chi connectivity index (χ0) is 37.9. The number of rotatable bonds is 8. The first kappa shape index (κ1) is 35.7. The van der Waals surface area contributed by atoms with E-state index < -0.39 is 23.8 Å². The number of cyclic esters (lactones) is 2. The van der Waals surface area contributed by atoms with Crippen molar-refractivity contribution in [1.29, 1.82) is 0 Å². The van der Waals surface area contributed by atoms with Crippen molar-refractivity contribution >= 4 is 23.6 Å². The van der Waals surface area contributed by atoms with Gasteiger partial charge < -0.3 is 9.47 Å². The van der Waals surface area contributed by atoms with Crippen molar-refractivity contribution in [2.45, 2.75) is 38.9 Å². The second-order valence-electron chi connectivity index (χ2n) is 12.4. The van der Waals surface area contributed by atoms with Crippen LogP contribution in [0, 0.1) is 11.6 Å². The fraction of sp³-hybridized carbons (Fsp3) is 0.278. The molecule has 2 aliphatic heterocycles. The fourth-order valence-corrected chi connectivity index (χ4v) is 5.85. The molecule has 2 atom stereocenters. The summed E-state index contributed by atoms with van der Waals surface area (Å²) in [6.45, 7) is 4.74. The lowest BCUT2D eigenvalue weighted by molar-refractivity contribution is 0.138. The Labute approximate surface area is 307 Å². The van der Waals surface area contributed by atoms with Crippen molar-refractivity contribution in [3.8, 4) is 45.3 Å². The maximum absolute atomic E-state index is 14.7. The van der Waals surface area contributed by atoms with Crippen LogP contribution in [0.3, 0.4) is 0 Å². The molecule has 0 spiro atoms. The molecular formula is C36H34F2N12O4. The zero-order valence-electron chi connectivity index (χ0n) is 29.7. The SMILES string of the molecule is CCC1CN(c2ccc(-c3ccc(-c4nnn(C)n4)nc3)c(F)c2)C(=O)O1.CC[C@H]1CN(c2ccc(-c3ccc(-c4nnn(C)n4)nc3)c(F)c2)C(=O)O1. The summed E-state index contributed by atoms with van der Waals surface area (Å²) < 4.78 is 39.8. The summed E-state index contributed by atoms with van der Waals surface area (Å²) in [5, 5.41) is 23.5. The molecule has 16 nitrogen and oxygen atoms in total. The first-order valence-electron chi connectivity index (χ1n) is 17.1. The molecule has 2 amide bonds. The molecule has 2 saturated heterocycles. The monoisotopic (exact) mass is 736 g/mol. The summed E-state index contributed by atoms with van der Waals surface area (Å²) in [6, 6.07) is 16.3. The van der Waals surface area contributed by atoms with Gasteiger partial charge in [0, 0.05) is 34.6 Å². The minimum Gasteiger partial charge on any atom is -0.444 e. The zero-order valence-corrected chi connectivity index (χ0v) is 29.7. The van der Waals surface area contributed by atoms with E-state index in [9.17, 15) is 18.4 Å². The average Bonchev–Trinajstić information content (AvgIpc) is 3.99. The Kier molecular flexibility index (Phi) is 9.97. The summed E-state index contributed by atoms with van der Waals surface area (Å²) >= 11 is 0. The molecule has 0 bridgehead atoms. The smallest absolute Gasteiger partial charge is 0.414 e. The molecule has 0 N–H and O–H groups in total. The second kappa shape index (κ2) is 15.1. The Balaban J connectivity index is 0.000000167. The number of halogens is 2. The predicted octanol–water partition coefficient (Wildman–Crippen LogP) is 5.63. The van der Waals surface area contributed by atoms with Gasteiger partial charge in [0.25, 0.3) is 0 Å². The molecule has 4 aromatic heterocycles. The molecule has 276 valence electrons. The molecule has 2 aromatic carbocycles. The number of anilines is 2. The van der Waals surface area contributed by atoms with Gasteiger partial charge in [0.2, 0.25) is 11.6 Å².